The van der Waals surface area contributed by atoms with Crippen molar-refractivity contribution in [2.75, 3.05) is 12.5 Å². The van der Waals surface area contributed by atoms with Gasteiger partial charge in [-0.1, -0.05) is 0 Å². The Morgan fingerprint density at radius 3 is 3.00 bits per heavy atom. The molecule has 2 aromatic heterocycles. The number of benzene rings is 1. The van der Waals surface area contributed by atoms with E-state index in [0.717, 1.165) is 11.3 Å². The maximum atomic E-state index is 5.61. The van der Waals surface area contributed by atoms with E-state index in [1.165, 1.54) is 0 Å². The average molecular weight is 255 g/mol. The van der Waals surface area contributed by atoms with Crippen molar-refractivity contribution in [2.45, 2.75) is 0 Å². The van der Waals surface area contributed by atoms with Gasteiger partial charge in [0.1, 0.15) is 0 Å². The summed E-state index contributed by atoms with van der Waals surface area (Å²) in [6.07, 6.45) is 1.67. The van der Waals surface area contributed by atoms with Crippen molar-refractivity contribution in [1.29, 1.82) is 0 Å². The highest BCUT2D eigenvalue weighted by Crippen LogP contribution is 2.35. The molecule has 7 heteroatoms. The summed E-state index contributed by atoms with van der Waals surface area (Å²) >= 11 is 0. The first kappa shape index (κ1) is 10.1. The summed E-state index contributed by atoms with van der Waals surface area (Å²) in [5.74, 6) is 2.30. The molecule has 3 aromatic rings. The summed E-state index contributed by atoms with van der Waals surface area (Å²) in [6.45, 7) is 0.243. The van der Waals surface area contributed by atoms with Crippen molar-refractivity contribution < 1.29 is 9.47 Å². The van der Waals surface area contributed by atoms with E-state index in [1.54, 1.807) is 16.8 Å². The summed E-state index contributed by atoms with van der Waals surface area (Å²) in [4.78, 5) is 8.43. The monoisotopic (exact) mass is 255 g/mol. The van der Waals surface area contributed by atoms with Crippen LogP contribution in [0.2, 0.25) is 0 Å². The van der Waals surface area contributed by atoms with E-state index in [2.05, 4.69) is 15.1 Å². The molecule has 0 radical (unpaired) electrons. The molecule has 0 bridgehead atoms. The summed E-state index contributed by atoms with van der Waals surface area (Å²) in [5.41, 5.74) is 7.13. The van der Waals surface area contributed by atoms with Crippen molar-refractivity contribution in [1.82, 2.24) is 19.6 Å². The molecule has 0 saturated carbocycles. The Hall–Kier alpha value is -2.83. The van der Waals surface area contributed by atoms with Crippen LogP contribution >= 0.6 is 0 Å². The van der Waals surface area contributed by atoms with E-state index < -0.39 is 0 Å². The van der Waals surface area contributed by atoms with Gasteiger partial charge in [0.2, 0.25) is 12.7 Å². The van der Waals surface area contributed by atoms with Gasteiger partial charge >= 0.3 is 0 Å². The number of nitrogens with zero attached hydrogens (tertiary/aromatic N) is 4. The maximum absolute atomic E-state index is 5.61. The topological polar surface area (TPSA) is 87.6 Å². The van der Waals surface area contributed by atoms with Gasteiger partial charge in [-0.3, -0.25) is 0 Å². The highest BCUT2D eigenvalue weighted by molar-refractivity contribution is 5.64. The number of hydrogen-bond donors (Lipinski definition) is 1. The molecule has 0 saturated heterocycles. The van der Waals surface area contributed by atoms with Crippen LogP contribution in [0.3, 0.4) is 0 Å². The van der Waals surface area contributed by atoms with Crippen LogP contribution in [0.15, 0.2) is 30.5 Å². The number of rotatable bonds is 1. The maximum Gasteiger partial charge on any atom is 0.240 e. The Labute approximate surface area is 107 Å². The minimum atomic E-state index is 0.218. The van der Waals surface area contributed by atoms with Crippen LogP contribution in [0, 0.1) is 0 Å². The lowest BCUT2D eigenvalue weighted by Crippen LogP contribution is -1.97. The molecule has 2 N–H and O–H groups in total. The van der Waals surface area contributed by atoms with E-state index in [4.69, 9.17) is 15.2 Å². The van der Waals surface area contributed by atoms with E-state index in [-0.39, 0.29) is 12.7 Å². The fourth-order valence-electron chi connectivity index (χ4n) is 2.07. The van der Waals surface area contributed by atoms with Crippen LogP contribution in [0.1, 0.15) is 0 Å². The lowest BCUT2D eigenvalue weighted by atomic mass is 10.2. The molecule has 1 aliphatic heterocycles. The van der Waals surface area contributed by atoms with Crippen LogP contribution in [0.5, 0.6) is 11.5 Å². The van der Waals surface area contributed by atoms with Crippen LogP contribution in [0.4, 0.5) is 5.95 Å². The van der Waals surface area contributed by atoms with Crippen molar-refractivity contribution in [3.05, 3.63) is 30.5 Å². The molecule has 0 amide bonds. The molecular formula is C12H9N5O2. The van der Waals surface area contributed by atoms with Gasteiger partial charge in [-0.25, -0.2) is 4.98 Å². The third-order valence-electron chi connectivity index (χ3n) is 2.90. The highest BCUT2D eigenvalue weighted by Gasteiger charge is 2.16. The minimum Gasteiger partial charge on any atom is -0.454 e. The van der Waals surface area contributed by atoms with E-state index >= 15 is 0 Å². The number of hydrogen-bond acceptors (Lipinski definition) is 6. The van der Waals surface area contributed by atoms with Crippen molar-refractivity contribution in [3.8, 4) is 22.9 Å². The van der Waals surface area contributed by atoms with Gasteiger partial charge in [0.25, 0.3) is 0 Å². The predicted molar refractivity (Wildman–Crippen MR) is 66.8 cm³/mol. The molecule has 94 valence electrons. The SMILES string of the molecule is Nc1nc2ccnc(-c3ccc4c(c3)OCO4)n2n1. The molecule has 0 unspecified atom stereocenters. The van der Waals surface area contributed by atoms with Gasteiger partial charge in [-0.2, -0.15) is 9.50 Å². The molecule has 1 aliphatic rings. The fraction of sp³-hybridized carbons (Fsp3) is 0.0833. The van der Waals surface area contributed by atoms with Crippen molar-refractivity contribution in [3.63, 3.8) is 0 Å². The molecule has 0 aliphatic carbocycles. The third kappa shape index (κ3) is 1.48. The fourth-order valence-corrected chi connectivity index (χ4v) is 2.07. The standard InChI is InChI=1S/C12H9N5O2/c13-12-15-10-3-4-14-11(17(10)16-12)7-1-2-8-9(5-7)19-6-18-8/h1-5H,6H2,(H2,13,16). The first-order valence-corrected chi connectivity index (χ1v) is 5.68. The molecule has 7 nitrogen and oxygen atoms in total. The zero-order chi connectivity index (χ0) is 12.8. The Bertz CT molecular complexity index is 783. The first-order valence-electron chi connectivity index (χ1n) is 5.68. The number of nitrogen functional groups attached to an aromatic ring is 1. The summed E-state index contributed by atoms with van der Waals surface area (Å²) in [7, 11) is 0. The molecular weight excluding hydrogens is 246 g/mol. The normalized spacial score (nSPS) is 13.1. The van der Waals surface area contributed by atoms with E-state index in [1.807, 2.05) is 18.2 Å². The highest BCUT2D eigenvalue weighted by atomic mass is 16.7. The number of ether oxygens (including phenoxy) is 2. The van der Waals surface area contributed by atoms with E-state index in [0.29, 0.717) is 17.2 Å². The van der Waals surface area contributed by atoms with Crippen LogP contribution in [-0.2, 0) is 0 Å². The first-order chi connectivity index (χ1) is 9.31. The molecule has 0 atom stereocenters. The zero-order valence-corrected chi connectivity index (χ0v) is 9.78. The molecule has 19 heavy (non-hydrogen) atoms. The van der Waals surface area contributed by atoms with Crippen molar-refractivity contribution >= 4 is 11.6 Å². The average Bonchev–Trinajstić information content (AvgIpc) is 3.01. The largest absolute Gasteiger partial charge is 0.454 e. The molecule has 4 rings (SSSR count). The van der Waals surface area contributed by atoms with Gasteiger partial charge in [-0.15, -0.1) is 5.10 Å². The Morgan fingerprint density at radius 1 is 1.16 bits per heavy atom. The molecule has 0 fully saturated rings. The van der Waals surface area contributed by atoms with Crippen LogP contribution in [0.25, 0.3) is 17.0 Å². The summed E-state index contributed by atoms with van der Waals surface area (Å²) in [6, 6.07) is 7.35. The summed E-state index contributed by atoms with van der Waals surface area (Å²) < 4.78 is 12.2. The predicted octanol–water partition coefficient (Wildman–Crippen LogP) is 1.10. The Morgan fingerprint density at radius 2 is 2.05 bits per heavy atom. The number of aromatic nitrogens is 4. The van der Waals surface area contributed by atoms with E-state index in [9.17, 15) is 0 Å². The Balaban J connectivity index is 1.94. The van der Waals surface area contributed by atoms with Crippen LogP contribution < -0.4 is 15.2 Å². The quantitative estimate of drug-likeness (QED) is 0.700. The lowest BCUT2D eigenvalue weighted by molar-refractivity contribution is 0.174. The zero-order valence-electron chi connectivity index (χ0n) is 9.78. The number of nitrogens with two attached hydrogens (primary N) is 1. The second-order valence-corrected chi connectivity index (χ2v) is 4.08. The van der Waals surface area contributed by atoms with Gasteiger partial charge in [-0.05, 0) is 18.2 Å². The van der Waals surface area contributed by atoms with Gasteiger partial charge in [0.05, 0.1) is 0 Å². The second-order valence-electron chi connectivity index (χ2n) is 4.08. The second kappa shape index (κ2) is 3.58. The molecule has 0 spiro atoms. The smallest absolute Gasteiger partial charge is 0.240 e. The minimum absolute atomic E-state index is 0.218. The number of anilines is 1. The number of fused-ring (bicyclic) bond motifs is 2. The lowest BCUT2D eigenvalue weighted by Gasteiger charge is -2.04. The summed E-state index contributed by atoms with van der Waals surface area (Å²) in [5, 5.41) is 4.13. The van der Waals surface area contributed by atoms with Crippen LogP contribution in [-0.4, -0.2) is 26.4 Å². The van der Waals surface area contributed by atoms with Gasteiger partial charge < -0.3 is 15.2 Å². The van der Waals surface area contributed by atoms with Gasteiger partial charge in [0, 0.05) is 17.8 Å². The van der Waals surface area contributed by atoms with Crippen molar-refractivity contribution in [2.24, 2.45) is 0 Å². The van der Waals surface area contributed by atoms with Gasteiger partial charge in [0.15, 0.2) is 23.0 Å². The molecule has 1 aromatic carbocycles. The Kier molecular flexibility index (Phi) is 1.91. The molecule has 3 heterocycles. The third-order valence-corrected chi connectivity index (χ3v) is 2.90.